The molecule has 0 N–H and O–H groups in total. The van der Waals surface area contributed by atoms with Crippen molar-refractivity contribution in [1.29, 1.82) is 0 Å². The van der Waals surface area contributed by atoms with Gasteiger partial charge in [0.15, 0.2) is 0 Å². The summed E-state index contributed by atoms with van der Waals surface area (Å²) in [4.78, 5) is 6.32. The third kappa shape index (κ3) is 1.27. The van der Waals surface area contributed by atoms with Crippen molar-refractivity contribution in [2.45, 2.75) is 6.54 Å². The van der Waals surface area contributed by atoms with Gasteiger partial charge in [0.05, 0.1) is 21.7 Å². The number of hydrogen-bond donors (Lipinski definition) is 0. The third-order valence-corrected chi connectivity index (χ3v) is 3.41. The molecule has 1 aliphatic heterocycles. The van der Waals surface area contributed by atoms with Crippen LogP contribution in [0.2, 0.25) is 5.02 Å². The maximum atomic E-state index is 6.12. The Hall–Kier alpha value is -0.540. The molecule has 68 valence electrons. The predicted octanol–water partition coefficient (Wildman–Crippen LogP) is 2.91. The van der Waals surface area contributed by atoms with Crippen LogP contribution in [0.4, 0.5) is 0 Å². The molecule has 1 aromatic heterocycles. The average molecular weight is 260 g/mol. The van der Waals surface area contributed by atoms with Gasteiger partial charge in [-0.3, -0.25) is 4.98 Å². The van der Waals surface area contributed by atoms with E-state index in [1.165, 1.54) is 0 Å². The maximum absolute atomic E-state index is 6.12. The van der Waals surface area contributed by atoms with Crippen molar-refractivity contribution >= 4 is 33.2 Å². The summed E-state index contributed by atoms with van der Waals surface area (Å²) in [6, 6.07) is 0. The van der Waals surface area contributed by atoms with E-state index >= 15 is 0 Å². The van der Waals surface area contributed by atoms with Crippen molar-refractivity contribution in [1.82, 2.24) is 9.88 Å². The second kappa shape index (κ2) is 3.00. The zero-order valence-electron chi connectivity index (χ0n) is 7.14. The fourth-order valence-corrected chi connectivity index (χ4v) is 1.99. The predicted molar refractivity (Wildman–Crippen MR) is 57.4 cm³/mol. The number of nitrogens with zero attached hydrogens (tertiary/aromatic N) is 2. The minimum Gasteiger partial charge on any atom is -0.369 e. The summed E-state index contributed by atoms with van der Waals surface area (Å²) in [7, 11) is 1.98. The number of halogens is 2. The van der Waals surface area contributed by atoms with Crippen LogP contribution in [-0.4, -0.2) is 16.9 Å². The summed E-state index contributed by atoms with van der Waals surface area (Å²) in [5, 5.41) is 0.708. The summed E-state index contributed by atoms with van der Waals surface area (Å²) < 4.78 is 0.823. The van der Waals surface area contributed by atoms with Crippen LogP contribution >= 0.6 is 27.5 Å². The van der Waals surface area contributed by atoms with Crippen LogP contribution in [0.25, 0.3) is 5.70 Å². The molecule has 0 amide bonds. The average Bonchev–Trinajstić information content (AvgIpc) is 2.37. The van der Waals surface area contributed by atoms with E-state index in [9.17, 15) is 0 Å². The van der Waals surface area contributed by atoms with E-state index in [1.54, 1.807) is 6.20 Å². The van der Waals surface area contributed by atoms with Gasteiger partial charge < -0.3 is 4.90 Å². The molecule has 0 spiro atoms. The molecule has 0 aromatic carbocycles. The van der Waals surface area contributed by atoms with Gasteiger partial charge in [0.25, 0.3) is 0 Å². The maximum Gasteiger partial charge on any atom is 0.0705 e. The lowest BCUT2D eigenvalue weighted by Crippen LogP contribution is -2.06. The van der Waals surface area contributed by atoms with Crippen LogP contribution in [0.3, 0.4) is 0 Å². The zero-order chi connectivity index (χ0) is 9.59. The highest BCUT2D eigenvalue weighted by molar-refractivity contribution is 9.10. The van der Waals surface area contributed by atoms with E-state index in [-0.39, 0.29) is 0 Å². The normalized spacial score (nSPS) is 15.0. The van der Waals surface area contributed by atoms with Crippen molar-refractivity contribution in [2.75, 3.05) is 7.05 Å². The van der Waals surface area contributed by atoms with E-state index in [0.717, 1.165) is 28.0 Å². The van der Waals surface area contributed by atoms with Crippen LogP contribution in [0.5, 0.6) is 0 Å². The van der Waals surface area contributed by atoms with Gasteiger partial charge in [-0.2, -0.15) is 0 Å². The lowest BCUT2D eigenvalue weighted by molar-refractivity contribution is 0.496. The number of hydrogen-bond acceptors (Lipinski definition) is 2. The molecule has 2 nitrogen and oxygen atoms in total. The van der Waals surface area contributed by atoms with Crippen molar-refractivity contribution in [3.63, 3.8) is 0 Å². The molecule has 1 aromatic rings. The SMILES string of the molecule is C=C1c2c(ncc(Br)c2Cl)CN1C. The van der Waals surface area contributed by atoms with Gasteiger partial charge in [-0.25, -0.2) is 0 Å². The Morgan fingerprint density at radius 1 is 1.69 bits per heavy atom. The number of rotatable bonds is 0. The van der Waals surface area contributed by atoms with E-state index in [0.29, 0.717) is 5.02 Å². The lowest BCUT2D eigenvalue weighted by Gasteiger charge is -2.10. The summed E-state index contributed by atoms with van der Waals surface area (Å²) in [6.45, 7) is 4.75. The van der Waals surface area contributed by atoms with Gasteiger partial charge in [-0.15, -0.1) is 0 Å². The molecule has 1 aliphatic rings. The molecule has 0 fully saturated rings. The second-order valence-electron chi connectivity index (χ2n) is 3.04. The van der Waals surface area contributed by atoms with Gasteiger partial charge in [-0.1, -0.05) is 18.2 Å². The highest BCUT2D eigenvalue weighted by atomic mass is 79.9. The highest BCUT2D eigenvalue weighted by Crippen LogP contribution is 2.37. The number of pyridine rings is 1. The smallest absolute Gasteiger partial charge is 0.0705 e. The molecule has 0 aliphatic carbocycles. The first-order valence-electron chi connectivity index (χ1n) is 3.84. The Morgan fingerprint density at radius 3 is 3.08 bits per heavy atom. The Bertz CT molecular complexity index is 389. The number of fused-ring (bicyclic) bond motifs is 1. The zero-order valence-corrected chi connectivity index (χ0v) is 9.48. The quantitative estimate of drug-likeness (QED) is 0.712. The van der Waals surface area contributed by atoms with Crippen molar-refractivity contribution in [3.8, 4) is 0 Å². The Morgan fingerprint density at radius 2 is 2.38 bits per heavy atom. The van der Waals surface area contributed by atoms with Gasteiger partial charge in [0, 0.05) is 24.5 Å². The van der Waals surface area contributed by atoms with Crippen molar-refractivity contribution in [3.05, 3.63) is 33.5 Å². The summed E-state index contributed by atoms with van der Waals surface area (Å²) in [5.41, 5.74) is 2.91. The van der Waals surface area contributed by atoms with Crippen LogP contribution in [0.15, 0.2) is 17.2 Å². The van der Waals surface area contributed by atoms with E-state index < -0.39 is 0 Å². The summed E-state index contributed by atoms with van der Waals surface area (Å²) >= 11 is 9.47. The molecule has 4 heteroatoms. The molecule has 0 radical (unpaired) electrons. The molecule has 0 atom stereocenters. The van der Waals surface area contributed by atoms with Crippen molar-refractivity contribution < 1.29 is 0 Å². The van der Waals surface area contributed by atoms with Gasteiger partial charge in [-0.05, 0) is 15.9 Å². The topological polar surface area (TPSA) is 16.1 Å². The van der Waals surface area contributed by atoms with Gasteiger partial charge in [0.2, 0.25) is 0 Å². The Balaban J connectivity index is 2.66. The molecule has 0 saturated heterocycles. The second-order valence-corrected chi connectivity index (χ2v) is 4.28. The molecule has 0 saturated carbocycles. The largest absolute Gasteiger partial charge is 0.369 e. The molecule has 13 heavy (non-hydrogen) atoms. The minimum atomic E-state index is 0.708. The van der Waals surface area contributed by atoms with Crippen LogP contribution in [-0.2, 0) is 6.54 Å². The summed E-state index contributed by atoms with van der Waals surface area (Å²) in [6.07, 6.45) is 1.73. The third-order valence-electron chi connectivity index (χ3n) is 2.19. The summed E-state index contributed by atoms with van der Waals surface area (Å²) in [5.74, 6) is 0. The van der Waals surface area contributed by atoms with E-state index in [4.69, 9.17) is 11.6 Å². The highest BCUT2D eigenvalue weighted by Gasteiger charge is 2.24. The first kappa shape index (κ1) is 9.03. The molecular formula is C9H8BrClN2. The van der Waals surface area contributed by atoms with Crippen LogP contribution in [0.1, 0.15) is 11.3 Å². The van der Waals surface area contributed by atoms with Crippen molar-refractivity contribution in [2.24, 2.45) is 0 Å². The van der Waals surface area contributed by atoms with E-state index in [2.05, 4.69) is 27.5 Å². The minimum absolute atomic E-state index is 0.708. The monoisotopic (exact) mass is 258 g/mol. The molecule has 2 rings (SSSR count). The van der Waals surface area contributed by atoms with Crippen LogP contribution in [0, 0.1) is 0 Å². The molecule has 0 bridgehead atoms. The standard InChI is InChI=1S/C9H8BrClN2/c1-5-8-7(4-13(5)2)12-3-6(10)9(8)11/h3H,1,4H2,2H3. The number of aromatic nitrogens is 1. The lowest BCUT2D eigenvalue weighted by atomic mass is 10.2. The molecule has 0 unspecified atom stereocenters. The fourth-order valence-electron chi connectivity index (χ4n) is 1.43. The van der Waals surface area contributed by atoms with Gasteiger partial charge >= 0.3 is 0 Å². The Kier molecular flexibility index (Phi) is 2.08. The van der Waals surface area contributed by atoms with Crippen LogP contribution < -0.4 is 0 Å². The van der Waals surface area contributed by atoms with E-state index in [1.807, 2.05) is 11.9 Å². The fraction of sp³-hybridized carbons (Fsp3) is 0.222. The molecular weight excluding hydrogens is 251 g/mol. The first-order chi connectivity index (χ1) is 6.11. The first-order valence-corrected chi connectivity index (χ1v) is 5.01. The Labute approximate surface area is 90.3 Å². The van der Waals surface area contributed by atoms with Gasteiger partial charge in [0.1, 0.15) is 0 Å². The molecule has 2 heterocycles.